The van der Waals surface area contributed by atoms with Crippen molar-refractivity contribution < 1.29 is 34.4 Å². The van der Waals surface area contributed by atoms with E-state index in [2.05, 4.69) is 84.0 Å². The molecule has 1 N–H and O–H groups in total. The molecule has 1 aliphatic rings. The van der Waals surface area contributed by atoms with Gasteiger partial charge in [-0.15, -0.1) is 23.3 Å². The first-order valence-corrected chi connectivity index (χ1v) is 13.0. The van der Waals surface area contributed by atoms with E-state index >= 15 is 0 Å². The zero-order valence-corrected chi connectivity index (χ0v) is 26.1. The quantitative estimate of drug-likeness (QED) is 0.108. The minimum atomic E-state index is -0.229. The van der Waals surface area contributed by atoms with E-state index in [4.69, 9.17) is 14.5 Å². The van der Waals surface area contributed by atoms with Crippen molar-refractivity contribution in [3.05, 3.63) is 88.8 Å². The third-order valence-electron chi connectivity index (χ3n) is 7.39. The summed E-state index contributed by atoms with van der Waals surface area (Å²) in [4.78, 5) is 14.9. The first kappa shape index (κ1) is 28.7. The second kappa shape index (κ2) is 10.0. The number of allylic oxidation sites excluding steroid dienone is 2. The molecule has 4 nitrogen and oxygen atoms in total. The van der Waals surface area contributed by atoms with Gasteiger partial charge in [-0.2, -0.15) is 0 Å². The van der Waals surface area contributed by atoms with Gasteiger partial charge in [0, 0.05) is 48.7 Å². The molecule has 0 amide bonds. The van der Waals surface area contributed by atoms with Gasteiger partial charge in [-0.25, -0.2) is 0 Å². The van der Waals surface area contributed by atoms with Crippen LogP contribution in [0.4, 0.5) is 0 Å². The van der Waals surface area contributed by atoms with Crippen LogP contribution < -0.4 is 0 Å². The smallest absolute Gasteiger partial charge is 0.155 e. The van der Waals surface area contributed by atoms with Crippen LogP contribution in [-0.2, 0) is 35.7 Å². The summed E-state index contributed by atoms with van der Waals surface area (Å²) in [5.74, 6) is -0.0625. The van der Waals surface area contributed by atoms with E-state index in [9.17, 15) is 4.79 Å². The van der Waals surface area contributed by atoms with E-state index in [0.29, 0.717) is 0 Å². The number of hydrogen-bond acceptors (Lipinski definition) is 4. The number of rotatable bonds is 1. The number of aliphatic hydroxyl groups is 1. The molecule has 0 fully saturated rings. The second-order valence-corrected chi connectivity index (χ2v) is 11.9. The first-order chi connectivity index (χ1) is 17.8. The normalized spacial score (nSPS) is 14.0. The standard InChI is InChI=1S/C29H26NO.C5H8O2.Ir/c1-16-7-9-18-17(15-16)8-10-19-25(18)29(5,6)20-11-12-21(28(2,3)4)27-23(20)24-22(31-27)13-14-30-26(19)24;1-4(6)3-5(2)7;/h7-9,11-15H,1-6H3;3,6H,1-2H3;/q-1;;/b;4-3-;. The van der Waals surface area contributed by atoms with E-state index in [1.54, 1.807) is 0 Å². The number of carbonyl (C=O) groups is 1. The Morgan fingerprint density at radius 3 is 2.41 bits per heavy atom. The Labute approximate surface area is 243 Å². The van der Waals surface area contributed by atoms with E-state index in [-0.39, 0.29) is 42.5 Å². The van der Waals surface area contributed by atoms with Gasteiger partial charge in [0.05, 0.1) is 5.76 Å². The number of pyridine rings is 1. The fourth-order valence-electron chi connectivity index (χ4n) is 5.77. The van der Waals surface area contributed by atoms with E-state index in [1.807, 2.05) is 12.3 Å². The van der Waals surface area contributed by atoms with Crippen LogP contribution in [0.2, 0.25) is 0 Å². The number of furan rings is 1. The molecule has 0 atom stereocenters. The van der Waals surface area contributed by atoms with Crippen LogP contribution >= 0.6 is 0 Å². The van der Waals surface area contributed by atoms with Crippen LogP contribution in [0.25, 0.3) is 44.0 Å². The number of nitrogens with zero attached hydrogens (tertiary/aromatic N) is 1. The molecule has 39 heavy (non-hydrogen) atoms. The Bertz CT molecular complexity index is 1780. The van der Waals surface area contributed by atoms with Crippen molar-refractivity contribution in [1.82, 2.24) is 4.98 Å². The fourth-order valence-corrected chi connectivity index (χ4v) is 5.77. The summed E-state index contributed by atoms with van der Waals surface area (Å²) in [6.07, 6.45) is 3.03. The van der Waals surface area contributed by atoms with Crippen molar-refractivity contribution in [1.29, 1.82) is 0 Å². The molecule has 0 bridgehead atoms. The third-order valence-corrected chi connectivity index (χ3v) is 7.39. The van der Waals surface area contributed by atoms with Crippen LogP contribution in [-0.4, -0.2) is 15.9 Å². The molecular formula is C34H34IrNO3-. The predicted octanol–water partition coefficient (Wildman–Crippen LogP) is 8.88. The second-order valence-electron chi connectivity index (χ2n) is 11.9. The molecule has 6 rings (SSSR count). The molecule has 0 aliphatic heterocycles. The van der Waals surface area contributed by atoms with Gasteiger partial charge in [0.1, 0.15) is 11.2 Å². The van der Waals surface area contributed by atoms with Gasteiger partial charge >= 0.3 is 0 Å². The van der Waals surface area contributed by atoms with Crippen LogP contribution in [0, 0.1) is 13.0 Å². The van der Waals surface area contributed by atoms with E-state index < -0.39 is 0 Å². The van der Waals surface area contributed by atoms with Crippen molar-refractivity contribution in [3.8, 4) is 11.3 Å². The Balaban J connectivity index is 0.000000394. The summed E-state index contributed by atoms with van der Waals surface area (Å²) in [6.45, 7) is 16.4. The predicted molar refractivity (Wildman–Crippen MR) is 156 cm³/mol. The summed E-state index contributed by atoms with van der Waals surface area (Å²) in [6, 6.07) is 19.0. The Morgan fingerprint density at radius 2 is 1.79 bits per heavy atom. The van der Waals surface area contributed by atoms with E-state index in [0.717, 1.165) is 27.8 Å². The van der Waals surface area contributed by atoms with Crippen molar-refractivity contribution in [2.75, 3.05) is 0 Å². The van der Waals surface area contributed by atoms with Crippen molar-refractivity contribution in [2.45, 2.75) is 66.2 Å². The maximum atomic E-state index is 10.0. The molecule has 0 unspecified atom stereocenters. The SMILES string of the molecule is CC(=O)/C=C(/C)O.Cc1ccc2c3c([c-]cc2c1)-c1nccc2oc4c(C(C)(C)C)ccc(c4c12)C3(C)C.[Ir]. The number of carbonyl (C=O) groups excluding carboxylic acids is 1. The van der Waals surface area contributed by atoms with Crippen molar-refractivity contribution in [3.63, 3.8) is 0 Å². The van der Waals surface area contributed by atoms with Gasteiger partial charge in [-0.05, 0) is 48.9 Å². The molecule has 5 heteroatoms. The van der Waals surface area contributed by atoms with Crippen molar-refractivity contribution in [2.24, 2.45) is 0 Å². The van der Waals surface area contributed by atoms with Crippen LogP contribution in [0.5, 0.6) is 0 Å². The number of aliphatic hydroxyl groups excluding tert-OH is 1. The maximum absolute atomic E-state index is 10.0. The number of aryl methyl sites for hydroxylation is 1. The number of aromatic nitrogens is 1. The topological polar surface area (TPSA) is 63.3 Å². The van der Waals surface area contributed by atoms with Crippen LogP contribution in [0.3, 0.4) is 0 Å². The first-order valence-electron chi connectivity index (χ1n) is 13.0. The van der Waals surface area contributed by atoms with Crippen LogP contribution in [0.15, 0.2) is 64.9 Å². The molecule has 2 heterocycles. The monoisotopic (exact) mass is 697 g/mol. The Kier molecular flexibility index (Phi) is 7.40. The number of fused-ring (bicyclic) bond motifs is 4. The number of benzene rings is 3. The molecule has 2 aromatic heterocycles. The average Bonchev–Trinajstić information content (AvgIpc) is 3.17. The Morgan fingerprint density at radius 1 is 1.08 bits per heavy atom. The van der Waals surface area contributed by atoms with Gasteiger partial charge in [-0.3, -0.25) is 4.79 Å². The summed E-state index contributed by atoms with van der Waals surface area (Å²) >= 11 is 0. The summed E-state index contributed by atoms with van der Waals surface area (Å²) in [5, 5.41) is 13.2. The summed E-state index contributed by atoms with van der Waals surface area (Å²) < 4.78 is 6.52. The molecular weight excluding hydrogens is 663 g/mol. The number of ketones is 1. The van der Waals surface area contributed by atoms with Crippen LogP contribution in [0.1, 0.15) is 70.7 Å². The molecule has 3 aromatic carbocycles. The maximum Gasteiger partial charge on any atom is 0.155 e. The molecule has 5 aromatic rings. The zero-order chi connectivity index (χ0) is 27.6. The molecule has 1 radical (unpaired) electrons. The zero-order valence-electron chi connectivity index (χ0n) is 23.7. The minimum absolute atomic E-state index is 0. The van der Waals surface area contributed by atoms with E-state index in [1.165, 1.54) is 58.3 Å². The van der Waals surface area contributed by atoms with Crippen molar-refractivity contribution >= 4 is 38.5 Å². The van der Waals surface area contributed by atoms with Gasteiger partial charge in [0.15, 0.2) is 5.78 Å². The molecule has 0 spiro atoms. The molecule has 1 aliphatic carbocycles. The average molecular weight is 697 g/mol. The fraction of sp³-hybridized carbons (Fsp3) is 0.294. The minimum Gasteiger partial charge on any atom is -0.512 e. The van der Waals surface area contributed by atoms with Gasteiger partial charge < -0.3 is 14.5 Å². The van der Waals surface area contributed by atoms with Gasteiger partial charge in [0.25, 0.3) is 0 Å². The summed E-state index contributed by atoms with van der Waals surface area (Å²) in [5.41, 5.74) is 8.81. The summed E-state index contributed by atoms with van der Waals surface area (Å²) in [7, 11) is 0. The largest absolute Gasteiger partial charge is 0.512 e. The Hall–Kier alpha value is -3.27. The molecule has 0 saturated heterocycles. The van der Waals surface area contributed by atoms with Gasteiger partial charge in [0.2, 0.25) is 0 Å². The molecule has 0 saturated carbocycles. The number of hydrogen-bond donors (Lipinski definition) is 1. The molecule has 203 valence electrons. The third kappa shape index (κ3) is 4.83. The van der Waals surface area contributed by atoms with Gasteiger partial charge in [-0.1, -0.05) is 81.3 Å².